The number of unbranched alkanes of at least 4 members (excludes halogenated alkanes) is 1. The number of hydrogen-bond acceptors (Lipinski definition) is 8. The molecule has 6 rings (SSSR count). The molecule has 2 aromatic rings. The lowest BCUT2D eigenvalue weighted by molar-refractivity contribution is -0.160. The third-order valence-electron chi connectivity index (χ3n) is 8.37. The van der Waals surface area contributed by atoms with E-state index in [0.29, 0.717) is 19.3 Å². The fourth-order valence-electron chi connectivity index (χ4n) is 6.63. The molecule has 11 nitrogen and oxygen atoms in total. The van der Waals surface area contributed by atoms with Gasteiger partial charge in [0.2, 0.25) is 5.91 Å². The summed E-state index contributed by atoms with van der Waals surface area (Å²) in [6, 6.07) is 6.54. The van der Waals surface area contributed by atoms with Gasteiger partial charge >= 0.3 is 5.97 Å². The number of carbonyl (C=O) groups excluding carboxylic acids is 3. The number of esters is 1. The summed E-state index contributed by atoms with van der Waals surface area (Å²) in [5.74, 6) is -2.88. The number of likely N-dealkylation sites (tertiary alicyclic amines) is 1. The van der Waals surface area contributed by atoms with Crippen LogP contribution in [-0.4, -0.2) is 91.2 Å². The lowest BCUT2D eigenvalue weighted by Gasteiger charge is -2.37. The van der Waals surface area contributed by atoms with Crippen LogP contribution < -0.4 is 0 Å². The van der Waals surface area contributed by atoms with Crippen molar-refractivity contribution in [2.75, 3.05) is 26.3 Å². The minimum absolute atomic E-state index is 0.0189. The monoisotopic (exact) mass is 535 g/mol. The van der Waals surface area contributed by atoms with Gasteiger partial charge in [-0.25, -0.2) is 4.68 Å². The third kappa shape index (κ3) is 4.06. The van der Waals surface area contributed by atoms with E-state index in [1.165, 1.54) is 0 Å². The van der Waals surface area contributed by atoms with Crippen LogP contribution in [0.15, 0.2) is 48.6 Å². The Hall–Kier alpha value is -3.57. The van der Waals surface area contributed by atoms with E-state index < -0.39 is 35.0 Å². The summed E-state index contributed by atoms with van der Waals surface area (Å²) in [6.07, 6.45) is 9.89. The molecule has 0 radical (unpaired) electrons. The van der Waals surface area contributed by atoms with Gasteiger partial charge in [-0.15, -0.1) is 5.10 Å². The Balaban J connectivity index is 1.41. The number of rotatable bonds is 6. The fraction of sp³-hybridized carbons (Fsp3) is 0.536. The fourth-order valence-corrected chi connectivity index (χ4v) is 6.63. The second kappa shape index (κ2) is 9.87. The van der Waals surface area contributed by atoms with Gasteiger partial charge in [-0.2, -0.15) is 0 Å². The van der Waals surface area contributed by atoms with Gasteiger partial charge in [-0.3, -0.25) is 14.4 Å². The molecule has 2 fully saturated rings. The van der Waals surface area contributed by atoms with Crippen LogP contribution in [0.25, 0.3) is 11.0 Å². The normalized spacial score (nSPS) is 33.2. The summed E-state index contributed by atoms with van der Waals surface area (Å²) in [5, 5.41) is 17.8. The van der Waals surface area contributed by atoms with Crippen LogP contribution in [0.1, 0.15) is 32.6 Å². The number of fused-ring (bicyclic) bond motifs is 3. The van der Waals surface area contributed by atoms with E-state index in [4.69, 9.17) is 9.47 Å². The minimum atomic E-state index is -1.34. The molecular weight excluding hydrogens is 502 g/mol. The molecule has 4 aliphatic heterocycles. The van der Waals surface area contributed by atoms with Crippen LogP contribution in [-0.2, 0) is 30.5 Å². The van der Waals surface area contributed by atoms with Crippen molar-refractivity contribution in [1.29, 1.82) is 0 Å². The first-order valence-corrected chi connectivity index (χ1v) is 13.6. The van der Waals surface area contributed by atoms with Gasteiger partial charge < -0.3 is 24.4 Å². The number of aromatic nitrogens is 3. The smallest absolute Gasteiger partial charge is 0.313 e. The SMILES string of the molecule is C[C@@]12/C=C\CCCOC(=O)[C@@H]1[C@H]1C(=O)N(CCCCO)C3C(=O)N(Cn4nnc5ccccc54)CC=C[C@@]31O2. The lowest BCUT2D eigenvalue weighted by Crippen LogP contribution is -2.56. The molecule has 5 atom stereocenters. The first-order chi connectivity index (χ1) is 18.9. The highest BCUT2D eigenvalue weighted by Crippen LogP contribution is 2.57. The van der Waals surface area contributed by atoms with Crippen molar-refractivity contribution in [3.8, 4) is 0 Å². The second-order valence-electron chi connectivity index (χ2n) is 10.9. The zero-order chi connectivity index (χ0) is 27.2. The predicted octanol–water partition coefficient (Wildman–Crippen LogP) is 1.42. The highest BCUT2D eigenvalue weighted by molar-refractivity contribution is 5.99. The third-order valence-corrected chi connectivity index (χ3v) is 8.37. The zero-order valence-corrected chi connectivity index (χ0v) is 21.9. The van der Waals surface area contributed by atoms with E-state index in [0.717, 1.165) is 17.5 Å². The number of ether oxygens (including phenoxy) is 2. The van der Waals surface area contributed by atoms with Crippen LogP contribution in [0, 0.1) is 11.8 Å². The Labute approximate surface area is 226 Å². The summed E-state index contributed by atoms with van der Waals surface area (Å²) in [4.78, 5) is 45.1. The average molecular weight is 536 g/mol. The van der Waals surface area contributed by atoms with Crippen LogP contribution in [0.3, 0.4) is 0 Å². The molecule has 1 unspecified atom stereocenters. The van der Waals surface area contributed by atoms with Crippen molar-refractivity contribution in [3.05, 3.63) is 48.6 Å². The molecule has 1 spiro atoms. The molecule has 0 saturated carbocycles. The molecule has 2 amide bonds. The predicted molar refractivity (Wildman–Crippen MR) is 139 cm³/mol. The second-order valence-corrected chi connectivity index (χ2v) is 10.9. The Bertz CT molecular complexity index is 1350. The number of amides is 2. The van der Waals surface area contributed by atoms with Crippen LogP contribution in [0.5, 0.6) is 0 Å². The van der Waals surface area contributed by atoms with Crippen molar-refractivity contribution in [3.63, 3.8) is 0 Å². The Kier molecular flexibility index (Phi) is 6.50. The number of cyclic esters (lactones) is 1. The van der Waals surface area contributed by atoms with Crippen molar-refractivity contribution in [1.82, 2.24) is 24.8 Å². The number of nitrogens with zero attached hydrogens (tertiary/aromatic N) is 5. The Morgan fingerprint density at radius 3 is 2.77 bits per heavy atom. The van der Waals surface area contributed by atoms with E-state index in [1.807, 2.05) is 48.6 Å². The van der Waals surface area contributed by atoms with E-state index in [9.17, 15) is 19.5 Å². The summed E-state index contributed by atoms with van der Waals surface area (Å²) in [7, 11) is 0. The van der Waals surface area contributed by atoms with Crippen LogP contribution in [0.2, 0.25) is 0 Å². The summed E-state index contributed by atoms with van der Waals surface area (Å²) >= 11 is 0. The summed E-state index contributed by atoms with van der Waals surface area (Å²) in [6.45, 7) is 2.73. The maximum Gasteiger partial charge on any atom is 0.313 e. The molecule has 39 heavy (non-hydrogen) atoms. The molecular formula is C28H33N5O6. The zero-order valence-electron chi connectivity index (χ0n) is 21.9. The van der Waals surface area contributed by atoms with Crippen molar-refractivity contribution >= 4 is 28.8 Å². The number of hydrogen-bond donors (Lipinski definition) is 1. The first kappa shape index (κ1) is 25.7. The van der Waals surface area contributed by atoms with Crippen molar-refractivity contribution in [2.24, 2.45) is 11.8 Å². The highest BCUT2D eigenvalue weighted by atomic mass is 16.6. The highest BCUT2D eigenvalue weighted by Gasteiger charge is 2.74. The molecule has 0 aliphatic carbocycles. The van der Waals surface area contributed by atoms with E-state index >= 15 is 0 Å². The molecule has 11 heteroatoms. The Morgan fingerprint density at radius 2 is 1.92 bits per heavy atom. The lowest BCUT2D eigenvalue weighted by atomic mass is 9.74. The van der Waals surface area contributed by atoms with Gasteiger partial charge in [0, 0.05) is 19.7 Å². The number of aliphatic hydroxyl groups excluding tert-OH is 1. The van der Waals surface area contributed by atoms with E-state index in [1.54, 1.807) is 21.4 Å². The van der Waals surface area contributed by atoms with Crippen LogP contribution >= 0.6 is 0 Å². The molecule has 206 valence electrons. The minimum Gasteiger partial charge on any atom is -0.465 e. The molecule has 0 bridgehead atoms. The summed E-state index contributed by atoms with van der Waals surface area (Å²) in [5.41, 5.74) is -0.938. The topological polar surface area (TPSA) is 127 Å². The number of para-hydroxylation sites is 1. The van der Waals surface area contributed by atoms with Gasteiger partial charge in [0.25, 0.3) is 5.91 Å². The van der Waals surface area contributed by atoms with Crippen molar-refractivity contribution in [2.45, 2.75) is 56.5 Å². The largest absolute Gasteiger partial charge is 0.465 e. The van der Waals surface area contributed by atoms with E-state index in [-0.39, 0.29) is 44.8 Å². The molecule has 1 aromatic heterocycles. The average Bonchev–Trinajstić information content (AvgIpc) is 3.49. The van der Waals surface area contributed by atoms with Crippen molar-refractivity contribution < 1.29 is 29.0 Å². The molecule has 1 N–H and O–H groups in total. The molecule has 5 heterocycles. The number of benzene rings is 1. The molecule has 1 aromatic carbocycles. The van der Waals surface area contributed by atoms with E-state index in [2.05, 4.69) is 10.3 Å². The van der Waals surface area contributed by atoms with Gasteiger partial charge in [-0.1, -0.05) is 41.7 Å². The molecule has 2 saturated heterocycles. The van der Waals surface area contributed by atoms with Gasteiger partial charge in [0.05, 0.1) is 23.6 Å². The number of carbonyl (C=O) groups is 3. The quantitative estimate of drug-likeness (QED) is 0.334. The van der Waals surface area contributed by atoms with Gasteiger partial charge in [0.1, 0.15) is 29.7 Å². The number of allylic oxidation sites excluding steroid dienone is 1. The maximum atomic E-state index is 14.4. The molecule has 4 aliphatic rings. The first-order valence-electron chi connectivity index (χ1n) is 13.6. The van der Waals surface area contributed by atoms with Gasteiger partial charge in [0.15, 0.2) is 0 Å². The Morgan fingerprint density at radius 1 is 1.08 bits per heavy atom. The maximum absolute atomic E-state index is 14.4. The number of aliphatic hydroxyl groups is 1. The van der Waals surface area contributed by atoms with Crippen LogP contribution in [0.4, 0.5) is 0 Å². The standard InChI is InChI=1S/C28H33N5O6/c1-27-12-5-2-8-17-38-26(37)22(27)21-24(35)32(15-6-7-16-34)23-25(36)31(14-9-13-28(21,23)39-27)18-33-20-11-4-3-10-19(20)29-30-33/h3-5,9-13,21-23,34H,2,6-8,14-18H2,1H3/b12-5-/t21-,22-,23?,27+,28-/m0/s1. The van der Waals surface area contributed by atoms with Gasteiger partial charge in [-0.05, 0) is 44.7 Å². The summed E-state index contributed by atoms with van der Waals surface area (Å²) < 4.78 is 14.0.